The normalized spacial score (nSPS) is 11.3. The zero-order valence-corrected chi connectivity index (χ0v) is 11.4. The Labute approximate surface area is 108 Å². The van der Waals surface area contributed by atoms with Gasteiger partial charge in [0.15, 0.2) is 0 Å². The van der Waals surface area contributed by atoms with Gasteiger partial charge in [0.2, 0.25) is 11.8 Å². The average Bonchev–Trinajstić information content (AvgIpc) is 2.37. The van der Waals surface area contributed by atoms with Crippen LogP contribution in [-0.2, 0) is 0 Å². The summed E-state index contributed by atoms with van der Waals surface area (Å²) in [4.78, 5) is 8.48. The molecule has 0 bridgehead atoms. The van der Waals surface area contributed by atoms with Crippen LogP contribution in [0.3, 0.4) is 0 Å². The number of nitrogens with zero attached hydrogens (tertiary/aromatic N) is 2. The molecule has 0 aliphatic rings. The van der Waals surface area contributed by atoms with Crippen LogP contribution in [-0.4, -0.2) is 28.0 Å². The van der Waals surface area contributed by atoms with Crippen LogP contribution in [0.5, 0.6) is 5.88 Å². The number of alkyl halides is 1. The molecule has 96 valence electrons. The summed E-state index contributed by atoms with van der Waals surface area (Å²) in [5, 5.41) is 3.31. The van der Waals surface area contributed by atoms with Gasteiger partial charge in [-0.05, 0) is 19.8 Å². The van der Waals surface area contributed by atoms with Gasteiger partial charge in [-0.25, -0.2) is 4.98 Å². The molecule has 0 radical (unpaired) electrons. The van der Waals surface area contributed by atoms with Gasteiger partial charge in [-0.3, -0.25) is 0 Å². The van der Waals surface area contributed by atoms with Crippen molar-refractivity contribution < 1.29 is 4.74 Å². The van der Waals surface area contributed by atoms with Crippen molar-refractivity contribution in [2.45, 2.75) is 39.2 Å². The molecule has 1 rings (SSSR count). The molecule has 1 aromatic rings. The molecule has 0 aliphatic carbocycles. The van der Waals surface area contributed by atoms with Gasteiger partial charge in [-0.15, -0.1) is 11.6 Å². The van der Waals surface area contributed by atoms with Crippen molar-refractivity contribution in [3.63, 3.8) is 0 Å². The van der Waals surface area contributed by atoms with Crippen molar-refractivity contribution in [2.75, 3.05) is 17.8 Å². The van der Waals surface area contributed by atoms with E-state index < -0.39 is 0 Å². The third-order valence-electron chi connectivity index (χ3n) is 2.91. The number of ether oxygens (including phenoxy) is 1. The van der Waals surface area contributed by atoms with Crippen molar-refractivity contribution in [1.29, 1.82) is 0 Å². The van der Waals surface area contributed by atoms with Crippen molar-refractivity contribution in [1.82, 2.24) is 9.97 Å². The predicted molar refractivity (Wildman–Crippen MR) is 70.9 cm³/mol. The van der Waals surface area contributed by atoms with Gasteiger partial charge < -0.3 is 10.1 Å². The van der Waals surface area contributed by atoms with Crippen molar-refractivity contribution in [3.05, 3.63) is 12.3 Å². The Morgan fingerprint density at radius 2 is 2.06 bits per heavy atom. The summed E-state index contributed by atoms with van der Waals surface area (Å²) in [6.45, 7) is 6.73. The van der Waals surface area contributed by atoms with Crippen LogP contribution in [0.2, 0.25) is 0 Å². The summed E-state index contributed by atoms with van der Waals surface area (Å²) < 4.78 is 5.34. The first-order chi connectivity index (χ1) is 8.19. The van der Waals surface area contributed by atoms with Gasteiger partial charge in [0.25, 0.3) is 0 Å². The summed E-state index contributed by atoms with van der Waals surface area (Å²) in [5.74, 6) is 1.68. The molecule has 0 saturated carbocycles. The molecule has 0 aromatic carbocycles. The SMILES string of the molecule is CCOc1ccnc(NC(CC)(CC)CCl)n1. The Hall–Kier alpha value is -1.03. The van der Waals surface area contributed by atoms with E-state index in [-0.39, 0.29) is 5.54 Å². The highest BCUT2D eigenvalue weighted by Gasteiger charge is 2.25. The Morgan fingerprint density at radius 1 is 1.35 bits per heavy atom. The summed E-state index contributed by atoms with van der Waals surface area (Å²) in [7, 11) is 0. The molecular formula is C12H20ClN3O. The molecule has 1 heterocycles. The molecule has 5 heteroatoms. The topological polar surface area (TPSA) is 47.0 Å². The molecule has 0 spiro atoms. The van der Waals surface area contributed by atoms with Crippen LogP contribution in [0.25, 0.3) is 0 Å². The molecule has 0 saturated heterocycles. The van der Waals surface area contributed by atoms with E-state index in [4.69, 9.17) is 16.3 Å². The molecule has 0 fully saturated rings. The van der Waals surface area contributed by atoms with Crippen LogP contribution in [0.15, 0.2) is 12.3 Å². The van der Waals surface area contributed by atoms with Crippen LogP contribution >= 0.6 is 11.6 Å². The Bertz CT molecular complexity index is 334. The average molecular weight is 258 g/mol. The first kappa shape index (κ1) is 14.0. The zero-order chi connectivity index (χ0) is 12.7. The summed E-state index contributed by atoms with van der Waals surface area (Å²) in [6.07, 6.45) is 3.54. The zero-order valence-electron chi connectivity index (χ0n) is 10.7. The van der Waals surface area contributed by atoms with Crippen LogP contribution in [0.1, 0.15) is 33.6 Å². The first-order valence-corrected chi connectivity index (χ1v) is 6.53. The lowest BCUT2D eigenvalue weighted by Gasteiger charge is -2.30. The molecule has 0 unspecified atom stereocenters. The molecular weight excluding hydrogens is 238 g/mol. The van der Waals surface area contributed by atoms with E-state index in [9.17, 15) is 0 Å². The monoisotopic (exact) mass is 257 g/mol. The Morgan fingerprint density at radius 3 is 2.59 bits per heavy atom. The van der Waals surface area contributed by atoms with E-state index in [1.54, 1.807) is 12.3 Å². The number of rotatable bonds is 7. The van der Waals surface area contributed by atoms with Gasteiger partial charge in [-0.2, -0.15) is 4.98 Å². The minimum Gasteiger partial charge on any atom is -0.478 e. The van der Waals surface area contributed by atoms with Gasteiger partial charge >= 0.3 is 0 Å². The second-order valence-corrected chi connectivity index (χ2v) is 4.16. The highest BCUT2D eigenvalue weighted by atomic mass is 35.5. The second kappa shape index (κ2) is 6.64. The first-order valence-electron chi connectivity index (χ1n) is 5.99. The van der Waals surface area contributed by atoms with Crippen molar-refractivity contribution in [3.8, 4) is 5.88 Å². The minimum absolute atomic E-state index is 0.146. The largest absolute Gasteiger partial charge is 0.478 e. The fraction of sp³-hybridized carbons (Fsp3) is 0.667. The van der Waals surface area contributed by atoms with E-state index in [2.05, 4.69) is 29.1 Å². The predicted octanol–water partition coefficient (Wildman–Crippen LogP) is 3.08. The number of halogens is 1. The van der Waals surface area contributed by atoms with Crippen molar-refractivity contribution in [2.24, 2.45) is 0 Å². The number of anilines is 1. The van der Waals surface area contributed by atoms with E-state index in [1.807, 2.05) is 6.92 Å². The van der Waals surface area contributed by atoms with Crippen LogP contribution in [0.4, 0.5) is 5.95 Å². The molecule has 0 amide bonds. The Kier molecular flexibility index (Phi) is 5.48. The highest BCUT2D eigenvalue weighted by Crippen LogP contribution is 2.22. The third kappa shape index (κ3) is 3.73. The van der Waals surface area contributed by atoms with Crippen LogP contribution in [0, 0.1) is 0 Å². The molecule has 0 atom stereocenters. The van der Waals surface area contributed by atoms with E-state index in [0.29, 0.717) is 24.3 Å². The molecule has 17 heavy (non-hydrogen) atoms. The number of nitrogens with one attached hydrogen (secondary N) is 1. The number of aromatic nitrogens is 2. The van der Waals surface area contributed by atoms with Gasteiger partial charge in [0.1, 0.15) is 0 Å². The minimum atomic E-state index is -0.146. The smallest absolute Gasteiger partial charge is 0.226 e. The van der Waals surface area contributed by atoms with E-state index in [1.165, 1.54) is 0 Å². The number of hydrogen-bond acceptors (Lipinski definition) is 4. The maximum absolute atomic E-state index is 6.03. The van der Waals surface area contributed by atoms with Gasteiger partial charge in [-0.1, -0.05) is 13.8 Å². The van der Waals surface area contributed by atoms with E-state index in [0.717, 1.165) is 12.8 Å². The molecule has 0 aliphatic heterocycles. The maximum atomic E-state index is 6.03. The maximum Gasteiger partial charge on any atom is 0.226 e. The molecule has 4 nitrogen and oxygen atoms in total. The van der Waals surface area contributed by atoms with Gasteiger partial charge in [0, 0.05) is 18.1 Å². The molecule has 1 aromatic heterocycles. The fourth-order valence-electron chi connectivity index (χ4n) is 1.52. The fourth-order valence-corrected chi connectivity index (χ4v) is 1.96. The number of hydrogen-bond donors (Lipinski definition) is 1. The second-order valence-electron chi connectivity index (χ2n) is 3.90. The lowest BCUT2D eigenvalue weighted by Crippen LogP contribution is -2.39. The summed E-state index contributed by atoms with van der Waals surface area (Å²) in [6, 6.07) is 1.74. The lowest BCUT2D eigenvalue weighted by atomic mass is 9.95. The Balaban J connectivity index is 2.82. The van der Waals surface area contributed by atoms with Crippen LogP contribution < -0.4 is 10.1 Å². The summed E-state index contributed by atoms with van der Waals surface area (Å²) in [5.41, 5.74) is -0.146. The molecule has 1 N–H and O–H groups in total. The standard InChI is InChI=1S/C12H20ClN3O/c1-4-12(5-2,9-13)16-11-14-8-7-10(15-11)17-6-3/h7-8H,4-6,9H2,1-3H3,(H,14,15,16). The third-order valence-corrected chi connectivity index (χ3v) is 3.42. The van der Waals surface area contributed by atoms with Crippen molar-refractivity contribution >= 4 is 17.5 Å². The lowest BCUT2D eigenvalue weighted by molar-refractivity contribution is 0.326. The van der Waals surface area contributed by atoms with Gasteiger partial charge in [0.05, 0.1) is 12.1 Å². The highest BCUT2D eigenvalue weighted by molar-refractivity contribution is 6.18. The van der Waals surface area contributed by atoms with E-state index >= 15 is 0 Å². The quantitative estimate of drug-likeness (QED) is 0.763. The summed E-state index contributed by atoms with van der Waals surface area (Å²) >= 11 is 6.03.